The van der Waals surface area contributed by atoms with Crippen molar-refractivity contribution >= 4 is 5.78 Å². The molecule has 2 aliphatic rings. The van der Waals surface area contributed by atoms with Gasteiger partial charge in [0.1, 0.15) is 5.78 Å². The van der Waals surface area contributed by atoms with Gasteiger partial charge in [-0.2, -0.15) is 0 Å². The minimum atomic E-state index is 0.317. The van der Waals surface area contributed by atoms with Crippen molar-refractivity contribution in [2.45, 2.75) is 45.1 Å². The predicted octanol–water partition coefficient (Wildman–Crippen LogP) is 2.65. The Hall–Kier alpha value is -1.05. The SMILES string of the molecule is Cc1ccc2n1C1CCCCC1C(=O)C2. The third-order valence-corrected chi connectivity index (χ3v) is 4.04. The highest BCUT2D eigenvalue weighted by atomic mass is 16.1. The molecule has 0 radical (unpaired) electrons. The molecule has 2 atom stereocenters. The largest absolute Gasteiger partial charge is 0.345 e. The van der Waals surface area contributed by atoms with Crippen LogP contribution in [0.3, 0.4) is 0 Å². The smallest absolute Gasteiger partial charge is 0.143 e. The van der Waals surface area contributed by atoms with Crippen molar-refractivity contribution in [2.24, 2.45) is 5.92 Å². The summed E-state index contributed by atoms with van der Waals surface area (Å²) < 4.78 is 2.42. The maximum absolute atomic E-state index is 12.0. The predicted molar refractivity (Wildman–Crippen MR) is 58.9 cm³/mol. The molecule has 0 bridgehead atoms. The summed E-state index contributed by atoms with van der Waals surface area (Å²) in [6.45, 7) is 2.16. The van der Waals surface area contributed by atoms with Gasteiger partial charge in [0.05, 0.1) is 0 Å². The summed E-state index contributed by atoms with van der Waals surface area (Å²) in [5, 5.41) is 0. The van der Waals surface area contributed by atoms with Crippen molar-refractivity contribution in [2.75, 3.05) is 0 Å². The summed E-state index contributed by atoms with van der Waals surface area (Å²) >= 11 is 0. The Morgan fingerprint density at radius 2 is 2.07 bits per heavy atom. The van der Waals surface area contributed by atoms with Crippen molar-refractivity contribution in [1.29, 1.82) is 0 Å². The number of aryl methyl sites for hydroxylation is 1. The van der Waals surface area contributed by atoms with Crippen molar-refractivity contribution in [3.05, 3.63) is 23.5 Å². The molecule has 2 nitrogen and oxygen atoms in total. The molecule has 3 rings (SSSR count). The van der Waals surface area contributed by atoms with E-state index in [9.17, 15) is 4.79 Å². The molecule has 0 N–H and O–H groups in total. The second kappa shape index (κ2) is 3.22. The number of carbonyl (C=O) groups is 1. The van der Waals surface area contributed by atoms with Gasteiger partial charge >= 0.3 is 0 Å². The van der Waals surface area contributed by atoms with Crippen molar-refractivity contribution in [1.82, 2.24) is 4.57 Å². The lowest BCUT2D eigenvalue weighted by Gasteiger charge is -2.37. The van der Waals surface area contributed by atoms with Crippen LogP contribution >= 0.6 is 0 Å². The van der Waals surface area contributed by atoms with Crippen LogP contribution in [0.2, 0.25) is 0 Å². The van der Waals surface area contributed by atoms with E-state index in [1.165, 1.54) is 30.7 Å². The Labute approximate surface area is 90.3 Å². The topological polar surface area (TPSA) is 22.0 Å². The number of nitrogens with zero attached hydrogens (tertiary/aromatic N) is 1. The molecule has 1 aromatic rings. The molecule has 0 aromatic carbocycles. The minimum absolute atomic E-state index is 0.317. The summed E-state index contributed by atoms with van der Waals surface area (Å²) in [4.78, 5) is 12.0. The summed E-state index contributed by atoms with van der Waals surface area (Å²) in [6.07, 6.45) is 5.49. The third kappa shape index (κ3) is 1.27. The van der Waals surface area contributed by atoms with Crippen LogP contribution in [0.1, 0.15) is 43.1 Å². The average molecular weight is 203 g/mol. The van der Waals surface area contributed by atoms with E-state index in [4.69, 9.17) is 0 Å². The van der Waals surface area contributed by atoms with E-state index in [2.05, 4.69) is 23.6 Å². The highest BCUT2D eigenvalue weighted by molar-refractivity contribution is 5.84. The summed E-state index contributed by atoms with van der Waals surface area (Å²) in [5.74, 6) is 0.794. The number of aromatic nitrogens is 1. The van der Waals surface area contributed by atoms with Crippen molar-refractivity contribution in [3.8, 4) is 0 Å². The first-order chi connectivity index (χ1) is 7.27. The van der Waals surface area contributed by atoms with Crippen LogP contribution in [-0.4, -0.2) is 10.4 Å². The van der Waals surface area contributed by atoms with Gasteiger partial charge in [0.2, 0.25) is 0 Å². The highest BCUT2D eigenvalue weighted by Crippen LogP contribution is 2.40. The molecule has 1 aliphatic heterocycles. The molecule has 0 saturated heterocycles. The fourth-order valence-corrected chi connectivity index (χ4v) is 3.33. The summed E-state index contributed by atoms with van der Waals surface area (Å²) in [7, 11) is 0. The van der Waals surface area contributed by atoms with Gasteiger partial charge in [-0.1, -0.05) is 12.8 Å². The number of ketones is 1. The maximum atomic E-state index is 12.0. The number of hydrogen-bond donors (Lipinski definition) is 0. The van der Waals surface area contributed by atoms with Crippen LogP contribution < -0.4 is 0 Å². The van der Waals surface area contributed by atoms with Gasteiger partial charge < -0.3 is 4.57 Å². The Kier molecular flexibility index (Phi) is 1.98. The molecule has 0 spiro atoms. The molecular weight excluding hydrogens is 186 g/mol. The van der Waals surface area contributed by atoms with Gasteiger partial charge in [-0.25, -0.2) is 0 Å². The van der Waals surface area contributed by atoms with Gasteiger partial charge in [0.25, 0.3) is 0 Å². The third-order valence-electron chi connectivity index (χ3n) is 4.04. The lowest BCUT2D eigenvalue weighted by Crippen LogP contribution is -2.36. The lowest BCUT2D eigenvalue weighted by molar-refractivity contribution is -0.126. The van der Waals surface area contributed by atoms with Gasteiger partial charge in [0.15, 0.2) is 0 Å². The van der Waals surface area contributed by atoms with Crippen LogP contribution in [0.15, 0.2) is 12.1 Å². The van der Waals surface area contributed by atoms with Gasteiger partial charge in [-0.15, -0.1) is 0 Å². The molecule has 80 valence electrons. The van der Waals surface area contributed by atoms with Crippen LogP contribution in [0.4, 0.5) is 0 Å². The molecular formula is C13H17NO. The van der Waals surface area contributed by atoms with Gasteiger partial charge in [0, 0.05) is 29.8 Å². The van der Waals surface area contributed by atoms with Crippen LogP contribution in [-0.2, 0) is 11.2 Å². The van der Waals surface area contributed by atoms with Gasteiger partial charge in [-0.05, 0) is 31.9 Å². The van der Waals surface area contributed by atoms with Gasteiger partial charge in [-0.3, -0.25) is 4.79 Å². The zero-order chi connectivity index (χ0) is 10.4. The molecule has 2 heteroatoms. The van der Waals surface area contributed by atoms with Crippen LogP contribution in [0.5, 0.6) is 0 Å². The second-order valence-electron chi connectivity index (χ2n) is 4.94. The Morgan fingerprint density at radius 3 is 2.93 bits per heavy atom. The number of rotatable bonds is 0. The molecule has 1 fully saturated rings. The Balaban J connectivity index is 2.08. The number of hydrogen-bond acceptors (Lipinski definition) is 1. The summed E-state index contributed by atoms with van der Waals surface area (Å²) in [6, 6.07) is 4.75. The molecule has 15 heavy (non-hydrogen) atoms. The first-order valence-corrected chi connectivity index (χ1v) is 5.97. The zero-order valence-electron chi connectivity index (χ0n) is 9.20. The molecule has 1 saturated carbocycles. The molecule has 1 aliphatic carbocycles. The lowest BCUT2D eigenvalue weighted by atomic mass is 9.78. The molecule has 1 aromatic heterocycles. The first kappa shape index (κ1) is 9.20. The van der Waals surface area contributed by atoms with E-state index in [-0.39, 0.29) is 0 Å². The molecule has 2 unspecified atom stereocenters. The van der Waals surface area contributed by atoms with E-state index < -0.39 is 0 Å². The molecule has 2 heterocycles. The normalized spacial score (nSPS) is 29.8. The van der Waals surface area contributed by atoms with Crippen LogP contribution in [0, 0.1) is 12.8 Å². The maximum Gasteiger partial charge on any atom is 0.143 e. The quantitative estimate of drug-likeness (QED) is 0.635. The van der Waals surface area contributed by atoms with E-state index in [0.29, 0.717) is 24.2 Å². The fourth-order valence-electron chi connectivity index (χ4n) is 3.33. The highest BCUT2D eigenvalue weighted by Gasteiger charge is 2.37. The van der Waals surface area contributed by atoms with E-state index in [1.807, 2.05) is 0 Å². The van der Waals surface area contributed by atoms with E-state index in [1.54, 1.807) is 0 Å². The minimum Gasteiger partial charge on any atom is -0.345 e. The monoisotopic (exact) mass is 203 g/mol. The second-order valence-corrected chi connectivity index (χ2v) is 4.94. The fraction of sp³-hybridized carbons (Fsp3) is 0.615. The first-order valence-electron chi connectivity index (χ1n) is 5.97. The standard InChI is InChI=1S/C13H17NO/c1-9-6-7-10-8-13(15)11-4-2-3-5-12(11)14(9)10/h6-7,11-12H,2-5,8H2,1H3. The number of fused-ring (bicyclic) bond motifs is 3. The van der Waals surface area contributed by atoms with E-state index >= 15 is 0 Å². The summed E-state index contributed by atoms with van der Waals surface area (Å²) in [5.41, 5.74) is 2.56. The van der Waals surface area contributed by atoms with Crippen LogP contribution in [0.25, 0.3) is 0 Å². The molecule has 0 amide bonds. The Morgan fingerprint density at radius 1 is 1.27 bits per heavy atom. The van der Waals surface area contributed by atoms with Crippen molar-refractivity contribution in [3.63, 3.8) is 0 Å². The number of Topliss-reactive ketones (excluding diaryl/α,β-unsaturated/α-hetero) is 1. The average Bonchev–Trinajstić information content (AvgIpc) is 2.61. The van der Waals surface area contributed by atoms with E-state index in [0.717, 1.165) is 6.42 Å². The number of carbonyl (C=O) groups excluding carboxylic acids is 1. The Bertz CT molecular complexity index is 405. The van der Waals surface area contributed by atoms with Crippen molar-refractivity contribution < 1.29 is 4.79 Å². The zero-order valence-corrected chi connectivity index (χ0v) is 9.20.